The van der Waals surface area contributed by atoms with Gasteiger partial charge in [0.1, 0.15) is 10.8 Å². The average Bonchev–Trinajstić information content (AvgIpc) is 3.49. The topological polar surface area (TPSA) is 86.1 Å². The molecule has 0 aromatic carbocycles. The first-order chi connectivity index (χ1) is 16.1. The molecule has 7 nitrogen and oxygen atoms in total. The number of rotatable bonds is 10. The highest BCUT2D eigenvalue weighted by Gasteiger charge is 2.28. The summed E-state index contributed by atoms with van der Waals surface area (Å²) in [5.41, 5.74) is 1.58. The van der Waals surface area contributed by atoms with Gasteiger partial charge in [0.15, 0.2) is 5.16 Å². The second-order valence-electron chi connectivity index (χ2n) is 8.63. The number of nitrogens with one attached hydrogen (secondary N) is 1. The molecule has 0 bridgehead atoms. The van der Waals surface area contributed by atoms with E-state index in [2.05, 4.69) is 26.7 Å². The number of thiophene rings is 1. The molecule has 2 aliphatic rings. The molecule has 1 fully saturated rings. The first-order valence-corrected chi connectivity index (χ1v) is 13.7. The van der Waals surface area contributed by atoms with Crippen LogP contribution in [0.15, 0.2) is 17.8 Å². The number of anilines is 1. The highest BCUT2D eigenvalue weighted by atomic mass is 32.2. The van der Waals surface area contributed by atoms with Gasteiger partial charge in [0.05, 0.1) is 17.9 Å². The van der Waals surface area contributed by atoms with Crippen molar-refractivity contribution in [1.29, 1.82) is 0 Å². The van der Waals surface area contributed by atoms with E-state index in [9.17, 15) is 9.59 Å². The fraction of sp³-hybridized carbons (Fsp3) is 0.583. The first-order valence-electron chi connectivity index (χ1n) is 11.9. The SMILES string of the molecule is C=CCn1c(CC2CCCCC2)nnc1SCC(=O)Nc1sc2c(c1C(=O)OCC)CCC2. The number of esters is 1. The molecule has 0 saturated heterocycles. The first kappa shape index (κ1) is 24.0. The maximum absolute atomic E-state index is 12.8. The van der Waals surface area contributed by atoms with Crippen LogP contribution in [0.5, 0.6) is 0 Å². The summed E-state index contributed by atoms with van der Waals surface area (Å²) in [6.07, 6.45) is 12.0. The van der Waals surface area contributed by atoms with Crippen molar-refractivity contribution in [2.24, 2.45) is 5.92 Å². The van der Waals surface area contributed by atoms with Crippen molar-refractivity contribution in [2.75, 3.05) is 17.7 Å². The van der Waals surface area contributed by atoms with Crippen LogP contribution in [-0.2, 0) is 35.3 Å². The van der Waals surface area contributed by atoms with E-state index in [0.717, 1.165) is 42.2 Å². The highest BCUT2D eigenvalue weighted by Crippen LogP contribution is 2.39. The standard InChI is InChI=1S/C24H32N4O3S2/c1-3-13-28-19(14-16-9-6-5-7-10-16)26-27-24(28)32-15-20(29)25-22-21(23(30)31-4-2)17-11-8-12-18(17)33-22/h3,16H,1,4-15H2,2H3,(H,25,29). The normalized spacial score (nSPS) is 15.9. The van der Waals surface area contributed by atoms with E-state index >= 15 is 0 Å². The molecular formula is C24H32N4O3S2. The maximum atomic E-state index is 12.8. The summed E-state index contributed by atoms with van der Waals surface area (Å²) >= 11 is 2.87. The second kappa shape index (κ2) is 11.3. The van der Waals surface area contributed by atoms with Crippen LogP contribution in [0.1, 0.15) is 72.1 Å². The molecule has 2 aromatic heterocycles. The number of thioether (sulfide) groups is 1. The molecule has 0 spiro atoms. The molecular weight excluding hydrogens is 456 g/mol. The number of aryl methyl sites for hydroxylation is 1. The van der Waals surface area contributed by atoms with Crippen LogP contribution in [0.2, 0.25) is 0 Å². The number of carbonyl (C=O) groups excluding carboxylic acids is 2. The molecule has 2 aromatic rings. The van der Waals surface area contributed by atoms with Crippen LogP contribution >= 0.6 is 23.1 Å². The number of ether oxygens (including phenoxy) is 1. The third kappa shape index (κ3) is 5.69. The predicted molar refractivity (Wildman–Crippen MR) is 132 cm³/mol. The van der Waals surface area contributed by atoms with Gasteiger partial charge < -0.3 is 14.6 Å². The lowest BCUT2D eigenvalue weighted by molar-refractivity contribution is -0.113. The molecule has 9 heteroatoms. The van der Waals surface area contributed by atoms with Crippen molar-refractivity contribution in [2.45, 2.75) is 76.4 Å². The molecule has 2 heterocycles. The zero-order chi connectivity index (χ0) is 23.2. The van der Waals surface area contributed by atoms with Gasteiger partial charge in [-0.1, -0.05) is 49.9 Å². The van der Waals surface area contributed by atoms with Crippen LogP contribution in [0, 0.1) is 5.92 Å². The summed E-state index contributed by atoms with van der Waals surface area (Å²) in [4.78, 5) is 26.5. The molecule has 1 amide bonds. The Morgan fingerprint density at radius 3 is 2.82 bits per heavy atom. The number of nitrogens with zero attached hydrogens (tertiary/aromatic N) is 3. The zero-order valence-electron chi connectivity index (χ0n) is 19.2. The lowest BCUT2D eigenvalue weighted by Gasteiger charge is -2.21. The summed E-state index contributed by atoms with van der Waals surface area (Å²) in [5.74, 6) is 1.33. The Kier molecular flexibility index (Phi) is 8.25. The van der Waals surface area contributed by atoms with Crippen LogP contribution in [-0.4, -0.2) is 39.0 Å². The molecule has 1 N–H and O–H groups in total. The summed E-state index contributed by atoms with van der Waals surface area (Å²) < 4.78 is 7.32. The van der Waals surface area contributed by atoms with E-state index < -0.39 is 0 Å². The summed E-state index contributed by atoms with van der Waals surface area (Å²) in [5, 5.41) is 13.1. The Bertz CT molecular complexity index is 1010. The molecule has 0 radical (unpaired) electrons. The summed E-state index contributed by atoms with van der Waals surface area (Å²) in [6, 6.07) is 0. The lowest BCUT2D eigenvalue weighted by Crippen LogP contribution is -2.17. The maximum Gasteiger partial charge on any atom is 0.341 e. The monoisotopic (exact) mass is 488 g/mol. The fourth-order valence-corrected chi connectivity index (χ4v) is 6.80. The van der Waals surface area contributed by atoms with Crippen LogP contribution in [0.25, 0.3) is 0 Å². The molecule has 2 aliphatic carbocycles. The zero-order valence-corrected chi connectivity index (χ0v) is 20.9. The van der Waals surface area contributed by atoms with E-state index in [4.69, 9.17) is 4.74 Å². The molecule has 0 aliphatic heterocycles. The lowest BCUT2D eigenvalue weighted by atomic mass is 9.87. The third-order valence-electron chi connectivity index (χ3n) is 6.29. The van der Waals surface area contributed by atoms with E-state index in [1.165, 1.54) is 60.1 Å². The smallest absolute Gasteiger partial charge is 0.341 e. The van der Waals surface area contributed by atoms with Crippen molar-refractivity contribution >= 4 is 40.0 Å². The Hall–Kier alpha value is -2.13. The summed E-state index contributed by atoms with van der Waals surface area (Å²) in [6.45, 7) is 6.61. The average molecular weight is 489 g/mol. The number of fused-ring (bicyclic) bond motifs is 1. The third-order valence-corrected chi connectivity index (χ3v) is 8.46. The van der Waals surface area contributed by atoms with Crippen molar-refractivity contribution < 1.29 is 14.3 Å². The van der Waals surface area contributed by atoms with Crippen LogP contribution in [0.3, 0.4) is 0 Å². The van der Waals surface area contributed by atoms with Gasteiger partial charge in [0.25, 0.3) is 0 Å². The van der Waals surface area contributed by atoms with Gasteiger partial charge in [-0.05, 0) is 37.7 Å². The van der Waals surface area contributed by atoms with Gasteiger partial charge in [0.2, 0.25) is 5.91 Å². The van der Waals surface area contributed by atoms with Gasteiger partial charge in [-0.25, -0.2) is 4.79 Å². The number of allylic oxidation sites excluding steroid dienone is 1. The van der Waals surface area contributed by atoms with E-state index in [0.29, 0.717) is 29.6 Å². The minimum atomic E-state index is -0.349. The van der Waals surface area contributed by atoms with Gasteiger partial charge in [-0.2, -0.15) is 0 Å². The number of hydrogen-bond donors (Lipinski definition) is 1. The molecule has 178 valence electrons. The van der Waals surface area contributed by atoms with E-state index in [1.807, 2.05) is 6.08 Å². The van der Waals surface area contributed by atoms with Gasteiger partial charge >= 0.3 is 5.97 Å². The quantitative estimate of drug-likeness (QED) is 0.286. The number of hydrogen-bond acceptors (Lipinski definition) is 7. The Morgan fingerprint density at radius 2 is 2.06 bits per heavy atom. The molecule has 4 rings (SSSR count). The molecule has 33 heavy (non-hydrogen) atoms. The number of carbonyl (C=O) groups is 2. The van der Waals surface area contributed by atoms with Crippen molar-refractivity contribution in [3.63, 3.8) is 0 Å². The van der Waals surface area contributed by atoms with E-state index in [-0.39, 0.29) is 17.6 Å². The minimum Gasteiger partial charge on any atom is -0.462 e. The van der Waals surface area contributed by atoms with Crippen molar-refractivity contribution in [1.82, 2.24) is 14.8 Å². The Morgan fingerprint density at radius 1 is 1.24 bits per heavy atom. The molecule has 0 atom stereocenters. The fourth-order valence-electron chi connectivity index (χ4n) is 4.74. The predicted octanol–water partition coefficient (Wildman–Crippen LogP) is 5.04. The highest BCUT2D eigenvalue weighted by molar-refractivity contribution is 7.99. The van der Waals surface area contributed by atoms with Crippen LogP contribution < -0.4 is 5.32 Å². The van der Waals surface area contributed by atoms with Gasteiger partial charge in [-0.15, -0.1) is 28.1 Å². The number of amides is 1. The van der Waals surface area contributed by atoms with Crippen molar-refractivity contribution in [3.05, 3.63) is 34.5 Å². The molecule has 1 saturated carbocycles. The van der Waals surface area contributed by atoms with Crippen molar-refractivity contribution in [3.8, 4) is 0 Å². The minimum absolute atomic E-state index is 0.160. The largest absolute Gasteiger partial charge is 0.462 e. The summed E-state index contributed by atoms with van der Waals surface area (Å²) in [7, 11) is 0. The Balaban J connectivity index is 1.41. The Labute approximate surface area is 203 Å². The second-order valence-corrected chi connectivity index (χ2v) is 10.7. The number of aromatic nitrogens is 3. The van der Waals surface area contributed by atoms with Gasteiger partial charge in [0, 0.05) is 17.8 Å². The molecule has 0 unspecified atom stereocenters. The van der Waals surface area contributed by atoms with Gasteiger partial charge in [-0.3, -0.25) is 4.79 Å². The van der Waals surface area contributed by atoms with Crippen LogP contribution in [0.4, 0.5) is 5.00 Å². The van der Waals surface area contributed by atoms with E-state index in [1.54, 1.807) is 6.92 Å².